The minimum atomic E-state index is -0.316. The van der Waals surface area contributed by atoms with Crippen LogP contribution in [0.1, 0.15) is 18.4 Å². The van der Waals surface area contributed by atoms with E-state index in [0.29, 0.717) is 5.92 Å². The van der Waals surface area contributed by atoms with E-state index in [4.69, 9.17) is 4.74 Å². The summed E-state index contributed by atoms with van der Waals surface area (Å²) in [4.78, 5) is 13.5. The molecule has 0 radical (unpaired) electrons. The van der Waals surface area contributed by atoms with Crippen LogP contribution >= 0.6 is 0 Å². The van der Waals surface area contributed by atoms with Crippen LogP contribution in [0.15, 0.2) is 24.3 Å². The Kier molecular flexibility index (Phi) is 3.42. The number of hydrogen-bond acceptors (Lipinski definition) is 2. The number of ether oxygens (including phenoxy) is 1. The lowest BCUT2D eigenvalue weighted by Crippen LogP contribution is -3.16. The van der Waals surface area contributed by atoms with Crippen molar-refractivity contribution in [2.75, 3.05) is 25.0 Å². The maximum atomic E-state index is 11.9. The van der Waals surface area contributed by atoms with Gasteiger partial charge < -0.3 is 9.64 Å². The molecular weight excluding hydrogens is 240 g/mol. The zero-order chi connectivity index (χ0) is 13.2. The summed E-state index contributed by atoms with van der Waals surface area (Å²) >= 11 is 0. The standard InChI is InChI=1S/C15H20N2O2/c1-11-3-2-4-13(9-11)16-15(18)19-14-10-17-7-5-12(14)6-8-17/h2-4,9,12,14H,5-8,10H2,1H3,(H,16,18)/p+1/t14-/m1/s1. The molecule has 0 aliphatic carbocycles. The van der Waals surface area contributed by atoms with Crippen LogP contribution in [-0.2, 0) is 4.74 Å². The van der Waals surface area contributed by atoms with Gasteiger partial charge in [0, 0.05) is 24.4 Å². The van der Waals surface area contributed by atoms with Crippen molar-refractivity contribution in [3.63, 3.8) is 0 Å². The normalized spacial score (nSPS) is 29.0. The van der Waals surface area contributed by atoms with Crippen LogP contribution < -0.4 is 10.2 Å². The summed E-state index contributed by atoms with van der Waals surface area (Å²) in [5.74, 6) is 0.570. The van der Waals surface area contributed by atoms with E-state index in [1.807, 2.05) is 31.2 Å². The van der Waals surface area contributed by atoms with Gasteiger partial charge >= 0.3 is 6.09 Å². The summed E-state index contributed by atoms with van der Waals surface area (Å²) in [7, 11) is 0. The van der Waals surface area contributed by atoms with E-state index in [9.17, 15) is 4.79 Å². The maximum absolute atomic E-state index is 11.9. The second-order valence-electron chi connectivity index (χ2n) is 5.73. The highest BCUT2D eigenvalue weighted by Gasteiger charge is 2.39. The van der Waals surface area contributed by atoms with E-state index < -0.39 is 0 Å². The van der Waals surface area contributed by atoms with Gasteiger partial charge in [-0.1, -0.05) is 12.1 Å². The van der Waals surface area contributed by atoms with E-state index in [0.717, 1.165) is 17.8 Å². The molecule has 1 atom stereocenters. The number of amides is 1. The molecule has 19 heavy (non-hydrogen) atoms. The lowest BCUT2D eigenvalue weighted by molar-refractivity contribution is -0.920. The van der Waals surface area contributed by atoms with Crippen LogP contribution in [-0.4, -0.2) is 31.8 Å². The SMILES string of the molecule is Cc1cccc(NC(=O)O[C@@H]2C[NH+]3CCC2CC3)c1. The molecule has 2 N–H and O–H groups in total. The molecule has 0 saturated carbocycles. The fourth-order valence-electron chi connectivity index (χ4n) is 3.22. The molecule has 0 unspecified atom stereocenters. The van der Waals surface area contributed by atoms with Crippen LogP contribution in [0.4, 0.5) is 10.5 Å². The molecule has 102 valence electrons. The van der Waals surface area contributed by atoms with Gasteiger partial charge in [-0.25, -0.2) is 4.79 Å². The number of quaternary nitrogens is 1. The lowest BCUT2D eigenvalue weighted by Gasteiger charge is -2.40. The average Bonchev–Trinajstić information content (AvgIpc) is 2.40. The van der Waals surface area contributed by atoms with Gasteiger partial charge in [-0.3, -0.25) is 5.32 Å². The largest absolute Gasteiger partial charge is 0.440 e. The Hall–Kier alpha value is -1.55. The molecule has 1 amide bonds. The van der Waals surface area contributed by atoms with Gasteiger partial charge in [0.05, 0.1) is 13.1 Å². The predicted octanol–water partition coefficient (Wildman–Crippen LogP) is 1.22. The van der Waals surface area contributed by atoms with E-state index in [1.54, 1.807) is 4.90 Å². The summed E-state index contributed by atoms with van der Waals surface area (Å²) in [5.41, 5.74) is 1.93. The summed E-state index contributed by atoms with van der Waals surface area (Å²) < 4.78 is 5.60. The van der Waals surface area contributed by atoms with Crippen molar-refractivity contribution in [2.45, 2.75) is 25.9 Å². The topological polar surface area (TPSA) is 42.8 Å². The van der Waals surface area contributed by atoms with Crippen LogP contribution in [0.5, 0.6) is 0 Å². The number of carbonyl (C=O) groups excluding carboxylic acids is 1. The highest BCUT2D eigenvalue weighted by molar-refractivity contribution is 5.84. The minimum Gasteiger partial charge on any atom is -0.440 e. The zero-order valence-electron chi connectivity index (χ0n) is 11.3. The Labute approximate surface area is 113 Å². The first kappa shape index (κ1) is 12.5. The number of nitrogens with one attached hydrogen (secondary N) is 2. The lowest BCUT2D eigenvalue weighted by atomic mass is 9.86. The van der Waals surface area contributed by atoms with Crippen LogP contribution in [0.25, 0.3) is 0 Å². The third-order valence-electron chi connectivity index (χ3n) is 4.28. The highest BCUT2D eigenvalue weighted by Crippen LogP contribution is 2.21. The second-order valence-corrected chi connectivity index (χ2v) is 5.73. The number of benzene rings is 1. The van der Waals surface area contributed by atoms with Crippen molar-refractivity contribution in [1.82, 2.24) is 0 Å². The molecule has 3 aliphatic heterocycles. The Balaban J connectivity index is 1.57. The zero-order valence-corrected chi connectivity index (χ0v) is 11.3. The third kappa shape index (κ3) is 2.89. The smallest absolute Gasteiger partial charge is 0.412 e. The summed E-state index contributed by atoms with van der Waals surface area (Å²) in [6.07, 6.45) is 2.17. The van der Waals surface area contributed by atoms with Gasteiger partial charge in [0.25, 0.3) is 0 Å². The van der Waals surface area contributed by atoms with Crippen molar-refractivity contribution in [2.24, 2.45) is 5.92 Å². The summed E-state index contributed by atoms with van der Waals surface area (Å²) in [5, 5.41) is 2.82. The van der Waals surface area contributed by atoms with Crippen molar-refractivity contribution < 1.29 is 14.4 Å². The minimum absolute atomic E-state index is 0.0994. The number of piperidine rings is 3. The van der Waals surface area contributed by atoms with Crippen molar-refractivity contribution >= 4 is 11.8 Å². The molecule has 1 aromatic carbocycles. The monoisotopic (exact) mass is 261 g/mol. The molecule has 4 heteroatoms. The Morgan fingerprint density at radius 1 is 1.37 bits per heavy atom. The quantitative estimate of drug-likeness (QED) is 0.840. The number of anilines is 1. The van der Waals surface area contributed by atoms with E-state index in [1.165, 1.54) is 25.9 Å². The van der Waals surface area contributed by atoms with Gasteiger partial charge in [-0.2, -0.15) is 0 Å². The Bertz CT molecular complexity index is 467. The maximum Gasteiger partial charge on any atom is 0.412 e. The van der Waals surface area contributed by atoms with Gasteiger partial charge in [0.15, 0.2) is 6.10 Å². The van der Waals surface area contributed by atoms with Crippen LogP contribution in [0, 0.1) is 12.8 Å². The molecular formula is C15H21N2O2+. The van der Waals surface area contributed by atoms with Crippen LogP contribution in [0.2, 0.25) is 0 Å². The van der Waals surface area contributed by atoms with Gasteiger partial charge in [-0.15, -0.1) is 0 Å². The van der Waals surface area contributed by atoms with Gasteiger partial charge in [-0.05, 0) is 24.6 Å². The molecule has 0 spiro atoms. The van der Waals surface area contributed by atoms with E-state index in [-0.39, 0.29) is 12.2 Å². The predicted molar refractivity (Wildman–Crippen MR) is 73.4 cm³/mol. The first-order chi connectivity index (χ1) is 9.20. The fraction of sp³-hybridized carbons (Fsp3) is 0.533. The highest BCUT2D eigenvalue weighted by atomic mass is 16.6. The molecule has 1 aromatic rings. The number of carbonyl (C=O) groups is 1. The molecule has 4 rings (SSSR count). The van der Waals surface area contributed by atoms with Gasteiger partial charge in [0.1, 0.15) is 6.54 Å². The molecule has 2 bridgehead atoms. The molecule has 3 heterocycles. The molecule has 3 saturated heterocycles. The second kappa shape index (κ2) is 5.21. The third-order valence-corrected chi connectivity index (χ3v) is 4.28. The fourth-order valence-corrected chi connectivity index (χ4v) is 3.22. The van der Waals surface area contributed by atoms with Gasteiger partial charge in [0.2, 0.25) is 0 Å². The average molecular weight is 261 g/mol. The Morgan fingerprint density at radius 2 is 2.16 bits per heavy atom. The molecule has 3 aliphatic rings. The number of fused-ring (bicyclic) bond motifs is 3. The van der Waals surface area contributed by atoms with Crippen LogP contribution in [0.3, 0.4) is 0 Å². The van der Waals surface area contributed by atoms with Crippen molar-refractivity contribution in [3.05, 3.63) is 29.8 Å². The molecule has 3 fully saturated rings. The summed E-state index contributed by atoms with van der Waals surface area (Å²) in [6, 6.07) is 7.77. The molecule has 4 nitrogen and oxygen atoms in total. The number of rotatable bonds is 2. The first-order valence-electron chi connectivity index (χ1n) is 7.08. The first-order valence-corrected chi connectivity index (χ1v) is 7.08. The number of hydrogen-bond donors (Lipinski definition) is 2. The van der Waals surface area contributed by atoms with E-state index >= 15 is 0 Å². The summed E-state index contributed by atoms with van der Waals surface area (Å²) in [6.45, 7) is 5.47. The van der Waals surface area contributed by atoms with E-state index in [2.05, 4.69) is 5.32 Å². The van der Waals surface area contributed by atoms with Crippen molar-refractivity contribution in [1.29, 1.82) is 0 Å². The molecule has 0 aromatic heterocycles. The Morgan fingerprint density at radius 3 is 2.79 bits per heavy atom. The van der Waals surface area contributed by atoms with Crippen molar-refractivity contribution in [3.8, 4) is 0 Å². The number of aryl methyl sites for hydroxylation is 1.